The monoisotopic (exact) mass is 1790 g/mol. The summed E-state index contributed by atoms with van der Waals surface area (Å²) < 4.78 is 19.2. The van der Waals surface area contributed by atoms with Crippen LogP contribution < -0.4 is 4.74 Å². The van der Waals surface area contributed by atoms with E-state index in [4.69, 9.17) is 23.5 Å². The van der Waals surface area contributed by atoms with Crippen LogP contribution in [0.15, 0.2) is 258 Å². The van der Waals surface area contributed by atoms with Gasteiger partial charge in [-0.05, 0) is 146 Å². The molecule has 9 aromatic carbocycles. The fourth-order valence-corrected chi connectivity index (χ4v) is 11.6. The molecule has 0 atom stereocenters. The molecular formula is C121H183N3O3S2. The third kappa shape index (κ3) is 66.3. The SMILES string of the molecule is CC(C)(C)C.CC(C)(C)C.CC(C)(C)C.CC(C)(C)C.CC(C)(C)C.CC(C)(C)C.CC(C)(C)C.CC(C)Oc1ccccc1.CC(C)c1ccc(C(C)(C)C)o1.CC(C)c1cnc(C(C)(C)C)o1.CC(C)c1nc2cc3sc(C(C)C)nc3cc2s1.Cc1ccccc1.c1ccc(-c2ccccc2)cc1.c1ccc2c(c1)Cc1ccccc1-2.c1ccc2ccccc2c1. The quantitative estimate of drug-likeness (QED) is 0.158. The van der Waals surface area contributed by atoms with E-state index in [1.54, 1.807) is 22.7 Å². The van der Waals surface area contributed by atoms with E-state index in [0.29, 0.717) is 61.6 Å². The topological polar surface area (TPSA) is 74.2 Å². The second kappa shape index (κ2) is 57.6. The smallest absolute Gasteiger partial charge is 0.199 e. The van der Waals surface area contributed by atoms with E-state index in [1.165, 1.54) is 69.1 Å². The molecule has 0 bridgehead atoms. The molecule has 13 aromatic rings. The van der Waals surface area contributed by atoms with Crippen LogP contribution in [0.3, 0.4) is 0 Å². The van der Waals surface area contributed by atoms with Crippen LogP contribution in [0.5, 0.6) is 5.75 Å². The summed E-state index contributed by atoms with van der Waals surface area (Å²) >= 11 is 3.58. The highest BCUT2D eigenvalue weighted by Gasteiger charge is 2.22. The van der Waals surface area contributed by atoms with Gasteiger partial charge in [-0.1, -0.05) is 503 Å². The Morgan fingerprint density at radius 1 is 0.302 bits per heavy atom. The highest BCUT2D eigenvalue weighted by molar-refractivity contribution is 7.20. The number of thiazole rings is 2. The summed E-state index contributed by atoms with van der Waals surface area (Å²) in [6, 6.07) is 83.4. The van der Waals surface area contributed by atoms with E-state index in [9.17, 15) is 0 Å². The van der Waals surface area contributed by atoms with Crippen LogP contribution in [-0.4, -0.2) is 21.1 Å². The lowest BCUT2D eigenvalue weighted by Crippen LogP contribution is -2.10. The van der Waals surface area contributed by atoms with E-state index in [1.807, 2.05) is 80.7 Å². The van der Waals surface area contributed by atoms with Crippen molar-refractivity contribution in [1.82, 2.24) is 15.0 Å². The zero-order valence-corrected chi connectivity index (χ0v) is 91.8. The minimum Gasteiger partial charge on any atom is -0.491 e. The molecule has 6 nitrogen and oxygen atoms in total. The second-order valence-electron chi connectivity index (χ2n) is 48.0. The molecule has 1 aliphatic carbocycles. The molecule has 8 heteroatoms. The zero-order chi connectivity index (χ0) is 99.3. The molecule has 0 fully saturated rings. The maximum atomic E-state index is 5.71. The third-order valence-corrected chi connectivity index (χ3v) is 17.5. The lowest BCUT2D eigenvalue weighted by molar-refractivity contribution is 0.242. The zero-order valence-electron chi connectivity index (χ0n) is 90.1. The van der Waals surface area contributed by atoms with Gasteiger partial charge in [0, 0.05) is 34.5 Å². The van der Waals surface area contributed by atoms with Gasteiger partial charge in [0.25, 0.3) is 0 Å². The van der Waals surface area contributed by atoms with Crippen LogP contribution in [0, 0.1) is 44.8 Å². The van der Waals surface area contributed by atoms with Crippen molar-refractivity contribution in [2.45, 2.75) is 359 Å². The van der Waals surface area contributed by atoms with Crippen molar-refractivity contribution in [2.24, 2.45) is 37.9 Å². The van der Waals surface area contributed by atoms with Crippen molar-refractivity contribution in [3.63, 3.8) is 0 Å². The molecule has 0 unspecified atom stereocenters. The van der Waals surface area contributed by atoms with Gasteiger partial charge >= 0.3 is 0 Å². The average Bonchev–Trinajstić information content (AvgIpc) is 1.63. The van der Waals surface area contributed by atoms with Crippen molar-refractivity contribution in [2.75, 3.05) is 0 Å². The molecule has 14 rings (SSSR count). The van der Waals surface area contributed by atoms with Crippen LogP contribution in [0.2, 0.25) is 0 Å². The van der Waals surface area contributed by atoms with Crippen LogP contribution in [0.25, 0.3) is 53.5 Å². The maximum Gasteiger partial charge on any atom is 0.199 e. The Bertz CT molecular complexity index is 4550. The number of oxazole rings is 1. The predicted molar refractivity (Wildman–Crippen MR) is 582 cm³/mol. The number of ether oxygens (including phenoxy) is 1. The molecule has 0 radical (unpaired) electrons. The number of fused-ring (bicyclic) bond motifs is 6. The van der Waals surface area contributed by atoms with Gasteiger partial charge < -0.3 is 13.6 Å². The second-order valence-corrected chi connectivity index (χ2v) is 50.1. The molecule has 712 valence electrons. The summed E-state index contributed by atoms with van der Waals surface area (Å²) in [6.07, 6.45) is 3.19. The minimum absolute atomic E-state index is 0.0210. The molecule has 0 spiro atoms. The Hall–Kier alpha value is -8.69. The first-order valence-corrected chi connectivity index (χ1v) is 48.8. The highest BCUT2D eigenvalue weighted by Crippen LogP contribution is 2.37. The summed E-state index contributed by atoms with van der Waals surface area (Å²) in [6.45, 7) is 97.4. The molecular weight excluding hydrogens is 1610 g/mol. The normalized spacial score (nSPS) is 11.5. The molecule has 0 N–H and O–H groups in total. The van der Waals surface area contributed by atoms with Crippen molar-refractivity contribution in [3.05, 3.63) is 299 Å². The van der Waals surface area contributed by atoms with Crippen LogP contribution >= 0.6 is 22.7 Å². The Labute approximate surface area is 800 Å². The number of hydrogen-bond acceptors (Lipinski definition) is 8. The average molecular weight is 1790 g/mol. The van der Waals surface area contributed by atoms with Crippen LogP contribution in [0.1, 0.15) is 378 Å². The number of furan rings is 1. The van der Waals surface area contributed by atoms with E-state index in [2.05, 4.69) is 485 Å². The number of hydrogen-bond donors (Lipinski definition) is 0. The van der Waals surface area contributed by atoms with Crippen LogP contribution in [-0.2, 0) is 17.3 Å². The third-order valence-electron chi connectivity index (χ3n) is 14.9. The Morgan fingerprint density at radius 3 is 0.829 bits per heavy atom. The molecule has 1 aliphatic rings. The summed E-state index contributed by atoms with van der Waals surface area (Å²) in [5.74, 6) is 6.81. The first-order valence-electron chi connectivity index (χ1n) is 47.1. The van der Waals surface area contributed by atoms with Gasteiger partial charge in [-0.3, -0.25) is 0 Å². The number of aromatic nitrogens is 3. The van der Waals surface area contributed by atoms with Gasteiger partial charge in [0.05, 0.1) is 42.7 Å². The summed E-state index contributed by atoms with van der Waals surface area (Å²) in [5, 5.41) is 5.05. The van der Waals surface area contributed by atoms with E-state index in [0.717, 1.165) is 46.4 Å². The summed E-state index contributed by atoms with van der Waals surface area (Å²) in [5.41, 5.74) is 15.5. The standard InChI is InChI=1S/C14H16N2S2.C13H10.C12H10.C11H18O.C10H17NO.C10H8.C9H12O.C7H8.7C5H12/c1-7(2)13-15-9-5-12-10(6-11(9)17-13)16-14(18-12)8(3)4;1-3-7-12-10(5-1)9-11-6-2-4-8-13(11)12;1-3-7-11(8-4-1)12-9-5-2-6-10-12;1-8(2)9-6-7-10(12-9)11(3,4)5;1-7(2)8-6-11-9(12-8)10(3,4)5;1-2-6-10-8-4-3-7-9(10)5-1;1-8(2)10-9-6-4-3-5-7-9;1-7-5-3-2-4-6-7;7*1-5(2,3)4/h5-8H,1-4H3;1-8H,9H2;1-10H;6-8H,1-5H3;6-7H,1-5H3;1-8H;3-8H,1-2H3;2-6H,1H3;7*1-4H3. The first kappa shape index (κ1) is 120. The van der Waals surface area contributed by atoms with E-state index in [-0.39, 0.29) is 16.9 Å². The largest absolute Gasteiger partial charge is 0.491 e. The molecule has 0 saturated heterocycles. The van der Waals surface area contributed by atoms with Crippen LogP contribution in [0.4, 0.5) is 0 Å². The van der Waals surface area contributed by atoms with Gasteiger partial charge in [0.2, 0.25) is 0 Å². The number of nitrogens with zero attached hydrogens (tertiary/aromatic N) is 3. The van der Waals surface area contributed by atoms with Gasteiger partial charge in [0.1, 0.15) is 23.0 Å². The Kier molecular flexibility index (Phi) is 53.7. The predicted octanol–water partition coefficient (Wildman–Crippen LogP) is 40.2. The van der Waals surface area contributed by atoms with E-state index < -0.39 is 0 Å². The molecule has 0 aliphatic heterocycles. The minimum atomic E-state index is 0.0210. The van der Waals surface area contributed by atoms with Crippen molar-refractivity contribution in [3.8, 4) is 28.0 Å². The van der Waals surface area contributed by atoms with Gasteiger partial charge in [-0.15, -0.1) is 22.7 Å². The molecule has 4 heterocycles. The van der Waals surface area contributed by atoms with Gasteiger partial charge in [-0.25, -0.2) is 15.0 Å². The number of aryl methyl sites for hydroxylation is 1. The molecule has 0 amide bonds. The summed E-state index contributed by atoms with van der Waals surface area (Å²) in [7, 11) is 0. The highest BCUT2D eigenvalue weighted by atomic mass is 32.1. The number of para-hydroxylation sites is 1. The summed E-state index contributed by atoms with van der Waals surface area (Å²) in [4.78, 5) is 13.7. The fourth-order valence-electron chi connectivity index (χ4n) is 9.62. The van der Waals surface area contributed by atoms with Crippen molar-refractivity contribution < 1.29 is 13.6 Å². The Balaban J connectivity index is 0.00000139. The molecule has 4 aromatic heterocycles. The van der Waals surface area contributed by atoms with Crippen molar-refractivity contribution in [1.29, 1.82) is 0 Å². The van der Waals surface area contributed by atoms with Gasteiger partial charge in [-0.2, -0.15) is 0 Å². The lowest BCUT2D eigenvalue weighted by Gasteiger charge is -2.14. The first-order chi connectivity index (χ1) is 58.9. The number of benzene rings is 9. The molecule has 129 heavy (non-hydrogen) atoms. The van der Waals surface area contributed by atoms with Gasteiger partial charge in [0.15, 0.2) is 5.89 Å². The number of rotatable bonds is 7. The molecule has 0 saturated carbocycles. The van der Waals surface area contributed by atoms with Crippen molar-refractivity contribution >= 4 is 53.9 Å². The fraction of sp³-hybridized carbons (Fsp3) is 0.496. The van der Waals surface area contributed by atoms with E-state index >= 15 is 0 Å². The Morgan fingerprint density at radius 2 is 0.589 bits per heavy atom. The lowest BCUT2D eigenvalue weighted by atomic mass is 9.94. The maximum absolute atomic E-state index is 5.71.